The third-order valence-corrected chi connectivity index (χ3v) is 3.94. The highest BCUT2D eigenvalue weighted by Gasteiger charge is 2.22. The van der Waals surface area contributed by atoms with E-state index in [-0.39, 0.29) is 12.0 Å². The van der Waals surface area contributed by atoms with Crippen LogP contribution in [0.2, 0.25) is 0 Å². The zero-order chi connectivity index (χ0) is 16.9. The lowest BCUT2D eigenvalue weighted by Crippen LogP contribution is -2.13. The lowest BCUT2D eigenvalue weighted by Gasteiger charge is -2.13. The average molecular weight is 326 g/mol. The van der Waals surface area contributed by atoms with Crippen LogP contribution in [0.1, 0.15) is 31.4 Å². The molecule has 5 heteroatoms. The number of benzene rings is 1. The molecule has 0 aliphatic carbocycles. The minimum atomic E-state index is -0.0502. The first-order valence-corrected chi connectivity index (χ1v) is 8.31. The van der Waals surface area contributed by atoms with Gasteiger partial charge < -0.3 is 14.8 Å². The van der Waals surface area contributed by atoms with Gasteiger partial charge in [-0.15, -0.1) is 0 Å². The number of ether oxygens (including phenoxy) is 2. The van der Waals surface area contributed by atoms with Crippen molar-refractivity contribution in [1.82, 2.24) is 4.98 Å². The Labute approximate surface area is 142 Å². The fourth-order valence-corrected chi connectivity index (χ4v) is 2.83. The summed E-state index contributed by atoms with van der Waals surface area (Å²) < 4.78 is 11.5. The number of hydrogen-bond acceptors (Lipinski definition) is 4. The second-order valence-corrected chi connectivity index (χ2v) is 5.93. The third kappa shape index (κ3) is 3.85. The van der Waals surface area contributed by atoms with Gasteiger partial charge in [0.2, 0.25) is 5.91 Å². The van der Waals surface area contributed by atoms with Gasteiger partial charge in [-0.25, -0.2) is 0 Å². The lowest BCUT2D eigenvalue weighted by atomic mass is 10.1. The maximum atomic E-state index is 12.3. The molecule has 0 spiro atoms. The van der Waals surface area contributed by atoms with Crippen LogP contribution in [0.25, 0.3) is 0 Å². The molecule has 1 aromatic heterocycles. The van der Waals surface area contributed by atoms with Gasteiger partial charge in [0.05, 0.1) is 12.3 Å². The number of carbonyl (C=O) groups is 1. The van der Waals surface area contributed by atoms with Crippen molar-refractivity contribution in [3.8, 4) is 11.5 Å². The van der Waals surface area contributed by atoms with Crippen LogP contribution in [0.15, 0.2) is 36.7 Å². The molecule has 0 bridgehead atoms. The standard InChI is InChI=1S/C19H22N2O3/c1-3-23-18-10-15-9-13(2)24-17(15)11-16(18)21-19(22)7-6-14-5-4-8-20-12-14/h4-5,8,10-13H,3,6-7,9H2,1-2H3,(H,21,22). The molecular weight excluding hydrogens is 304 g/mol. The van der Waals surface area contributed by atoms with Crippen molar-refractivity contribution in [2.75, 3.05) is 11.9 Å². The number of hydrogen-bond donors (Lipinski definition) is 1. The molecule has 2 aromatic rings. The largest absolute Gasteiger partial charge is 0.492 e. The van der Waals surface area contributed by atoms with E-state index in [0.29, 0.717) is 30.9 Å². The van der Waals surface area contributed by atoms with E-state index < -0.39 is 0 Å². The Morgan fingerprint density at radius 1 is 1.46 bits per heavy atom. The fourth-order valence-electron chi connectivity index (χ4n) is 2.83. The molecule has 0 saturated heterocycles. The smallest absolute Gasteiger partial charge is 0.224 e. The first kappa shape index (κ1) is 16.3. The SMILES string of the molecule is CCOc1cc2c(cc1NC(=O)CCc1cccnc1)OC(C)C2. The Balaban J connectivity index is 1.69. The number of fused-ring (bicyclic) bond motifs is 1. The van der Waals surface area contributed by atoms with Gasteiger partial charge in [0.1, 0.15) is 17.6 Å². The van der Waals surface area contributed by atoms with E-state index in [2.05, 4.69) is 10.3 Å². The minimum Gasteiger partial charge on any atom is -0.492 e. The summed E-state index contributed by atoms with van der Waals surface area (Å²) in [5.74, 6) is 1.47. The molecule has 0 radical (unpaired) electrons. The predicted molar refractivity (Wildman–Crippen MR) is 92.6 cm³/mol. The highest BCUT2D eigenvalue weighted by molar-refractivity contribution is 5.92. The van der Waals surface area contributed by atoms with E-state index in [0.717, 1.165) is 23.3 Å². The average Bonchev–Trinajstić information content (AvgIpc) is 2.93. The van der Waals surface area contributed by atoms with Gasteiger partial charge >= 0.3 is 0 Å². The number of anilines is 1. The van der Waals surface area contributed by atoms with Crippen LogP contribution in [0, 0.1) is 0 Å². The molecule has 126 valence electrons. The van der Waals surface area contributed by atoms with Gasteiger partial charge in [0, 0.05) is 36.9 Å². The second kappa shape index (κ2) is 7.34. The molecule has 1 amide bonds. The van der Waals surface area contributed by atoms with E-state index in [9.17, 15) is 4.79 Å². The normalized spacial score (nSPS) is 15.5. The van der Waals surface area contributed by atoms with Crippen LogP contribution in [-0.4, -0.2) is 23.6 Å². The second-order valence-electron chi connectivity index (χ2n) is 5.93. The molecule has 1 unspecified atom stereocenters. The highest BCUT2D eigenvalue weighted by Crippen LogP contribution is 2.38. The van der Waals surface area contributed by atoms with Crippen LogP contribution in [0.4, 0.5) is 5.69 Å². The molecule has 0 saturated carbocycles. The van der Waals surface area contributed by atoms with Gasteiger partial charge in [-0.1, -0.05) is 6.07 Å². The van der Waals surface area contributed by atoms with Gasteiger partial charge in [-0.3, -0.25) is 9.78 Å². The summed E-state index contributed by atoms with van der Waals surface area (Å²) in [6, 6.07) is 7.68. The number of aryl methyl sites for hydroxylation is 1. The number of pyridine rings is 1. The Kier molecular flexibility index (Phi) is 4.99. The molecule has 5 nitrogen and oxygen atoms in total. The Bertz CT molecular complexity index is 716. The number of carbonyl (C=O) groups excluding carboxylic acids is 1. The number of rotatable bonds is 6. The molecule has 0 fully saturated rings. The van der Waals surface area contributed by atoms with Crippen LogP contribution < -0.4 is 14.8 Å². The van der Waals surface area contributed by atoms with Crippen molar-refractivity contribution < 1.29 is 14.3 Å². The van der Waals surface area contributed by atoms with Crippen molar-refractivity contribution in [2.24, 2.45) is 0 Å². The van der Waals surface area contributed by atoms with Gasteiger partial charge in [-0.05, 0) is 38.0 Å². The van der Waals surface area contributed by atoms with Crippen molar-refractivity contribution >= 4 is 11.6 Å². The van der Waals surface area contributed by atoms with Crippen molar-refractivity contribution in [3.63, 3.8) is 0 Å². The first-order valence-electron chi connectivity index (χ1n) is 8.31. The number of amides is 1. The van der Waals surface area contributed by atoms with E-state index in [1.54, 1.807) is 12.4 Å². The number of aromatic nitrogens is 1. The molecule has 3 rings (SSSR count). The highest BCUT2D eigenvalue weighted by atomic mass is 16.5. The molecule has 1 aliphatic heterocycles. The summed E-state index contributed by atoms with van der Waals surface area (Å²) in [7, 11) is 0. The van der Waals surface area contributed by atoms with Crippen LogP contribution in [-0.2, 0) is 17.6 Å². The topological polar surface area (TPSA) is 60.5 Å². The Morgan fingerprint density at radius 2 is 2.33 bits per heavy atom. The van der Waals surface area contributed by atoms with E-state index in [1.165, 1.54) is 0 Å². The number of nitrogens with zero attached hydrogens (tertiary/aromatic N) is 1. The Hall–Kier alpha value is -2.56. The molecule has 1 aliphatic rings. The zero-order valence-corrected chi connectivity index (χ0v) is 14.0. The van der Waals surface area contributed by atoms with Crippen LogP contribution in [0.5, 0.6) is 11.5 Å². The molecule has 2 heterocycles. The third-order valence-electron chi connectivity index (χ3n) is 3.94. The van der Waals surface area contributed by atoms with E-state index >= 15 is 0 Å². The first-order chi connectivity index (χ1) is 11.7. The molecule has 1 aromatic carbocycles. The predicted octanol–water partition coefficient (Wildman–Crippen LogP) is 3.38. The van der Waals surface area contributed by atoms with Gasteiger partial charge in [0.15, 0.2) is 0 Å². The van der Waals surface area contributed by atoms with Crippen LogP contribution >= 0.6 is 0 Å². The fraction of sp³-hybridized carbons (Fsp3) is 0.368. The minimum absolute atomic E-state index is 0.0502. The van der Waals surface area contributed by atoms with Crippen LogP contribution in [0.3, 0.4) is 0 Å². The molecule has 1 atom stereocenters. The van der Waals surface area contributed by atoms with Crippen molar-refractivity contribution in [3.05, 3.63) is 47.8 Å². The summed E-state index contributed by atoms with van der Waals surface area (Å²) in [5, 5.41) is 2.95. The summed E-state index contributed by atoms with van der Waals surface area (Å²) in [4.78, 5) is 16.3. The molecular formula is C19H22N2O3. The van der Waals surface area contributed by atoms with Crippen molar-refractivity contribution in [1.29, 1.82) is 0 Å². The van der Waals surface area contributed by atoms with E-state index in [1.807, 2.05) is 38.1 Å². The molecule has 24 heavy (non-hydrogen) atoms. The maximum absolute atomic E-state index is 12.3. The quantitative estimate of drug-likeness (QED) is 0.884. The van der Waals surface area contributed by atoms with Crippen molar-refractivity contribution in [2.45, 2.75) is 39.2 Å². The summed E-state index contributed by atoms with van der Waals surface area (Å²) in [6.07, 6.45) is 5.58. The lowest BCUT2D eigenvalue weighted by molar-refractivity contribution is -0.116. The summed E-state index contributed by atoms with van der Waals surface area (Å²) in [5.41, 5.74) is 2.84. The maximum Gasteiger partial charge on any atom is 0.224 e. The number of nitrogens with one attached hydrogen (secondary N) is 1. The monoisotopic (exact) mass is 326 g/mol. The zero-order valence-electron chi connectivity index (χ0n) is 14.0. The Morgan fingerprint density at radius 3 is 3.08 bits per heavy atom. The summed E-state index contributed by atoms with van der Waals surface area (Å²) >= 11 is 0. The van der Waals surface area contributed by atoms with Gasteiger partial charge in [0.25, 0.3) is 0 Å². The summed E-state index contributed by atoms with van der Waals surface area (Å²) in [6.45, 7) is 4.51. The van der Waals surface area contributed by atoms with E-state index in [4.69, 9.17) is 9.47 Å². The molecule has 1 N–H and O–H groups in total. The van der Waals surface area contributed by atoms with Gasteiger partial charge in [-0.2, -0.15) is 0 Å².